The molecule has 0 aliphatic heterocycles. The summed E-state index contributed by atoms with van der Waals surface area (Å²) in [6.45, 7) is 0.744. The molecule has 0 N–H and O–H groups in total. The van der Waals surface area contributed by atoms with Crippen molar-refractivity contribution in [3.05, 3.63) is 36.0 Å². The molecule has 0 fully saturated rings. The van der Waals surface area contributed by atoms with Crippen molar-refractivity contribution >= 4 is 23.1 Å². The third kappa shape index (κ3) is 2.84. The lowest BCUT2D eigenvalue weighted by molar-refractivity contribution is -0.128. The summed E-state index contributed by atoms with van der Waals surface area (Å²) in [6.07, 6.45) is 4.03. The van der Waals surface area contributed by atoms with Crippen molar-refractivity contribution in [2.45, 2.75) is 19.4 Å². The zero-order valence-electron chi connectivity index (χ0n) is 11.3. The molecule has 1 amide bonds. The number of aryl methyl sites for hydroxylation is 1. The minimum absolute atomic E-state index is 0.132. The third-order valence-corrected chi connectivity index (χ3v) is 3.23. The summed E-state index contributed by atoms with van der Waals surface area (Å²) in [7, 11) is 3.52. The average Bonchev–Trinajstić information content (AvgIpc) is 2.77. The molecule has 0 atom stereocenters. The van der Waals surface area contributed by atoms with E-state index in [0.29, 0.717) is 12.0 Å². The fourth-order valence-corrected chi connectivity index (χ4v) is 2.18. The molecule has 100 valence electrons. The van der Waals surface area contributed by atoms with Crippen LogP contribution in [0, 0.1) is 0 Å². The number of hydrogen-bond acceptors (Lipinski definition) is 2. The molecule has 0 spiro atoms. The van der Waals surface area contributed by atoms with Crippen LogP contribution < -0.4 is 0 Å². The predicted molar refractivity (Wildman–Crippen MR) is 75.3 cm³/mol. The number of benzene rings is 1. The van der Waals surface area contributed by atoms with E-state index in [1.54, 1.807) is 19.0 Å². The lowest BCUT2D eigenvalue weighted by atomic mass is 10.2. The molecule has 0 radical (unpaired) electrons. The number of nitrogens with zero attached hydrogens (tertiary/aromatic N) is 2. The van der Waals surface area contributed by atoms with Crippen LogP contribution in [0.25, 0.3) is 10.9 Å². The maximum Gasteiger partial charge on any atom is 0.222 e. The van der Waals surface area contributed by atoms with Gasteiger partial charge in [-0.05, 0) is 12.5 Å². The van der Waals surface area contributed by atoms with Gasteiger partial charge in [-0.2, -0.15) is 0 Å². The summed E-state index contributed by atoms with van der Waals surface area (Å²) >= 11 is 0. The Morgan fingerprint density at radius 1 is 1.32 bits per heavy atom. The summed E-state index contributed by atoms with van der Waals surface area (Å²) in [6, 6.07) is 7.82. The van der Waals surface area contributed by atoms with Gasteiger partial charge in [0.1, 0.15) is 0 Å². The number of rotatable bonds is 5. The highest BCUT2D eigenvalue weighted by molar-refractivity contribution is 5.97. The van der Waals surface area contributed by atoms with Crippen LogP contribution in [0.1, 0.15) is 23.2 Å². The topological polar surface area (TPSA) is 42.3 Å². The van der Waals surface area contributed by atoms with E-state index < -0.39 is 0 Å². The number of fused-ring (bicyclic) bond motifs is 1. The minimum Gasteiger partial charge on any atom is -0.349 e. The van der Waals surface area contributed by atoms with Gasteiger partial charge in [0.2, 0.25) is 5.91 Å². The second-order valence-corrected chi connectivity index (χ2v) is 4.80. The number of para-hydroxylation sites is 1. The zero-order valence-corrected chi connectivity index (χ0v) is 11.3. The Balaban J connectivity index is 2.13. The lowest BCUT2D eigenvalue weighted by Crippen LogP contribution is -2.21. The zero-order chi connectivity index (χ0) is 13.8. The summed E-state index contributed by atoms with van der Waals surface area (Å²) in [5, 5.41) is 0.969. The van der Waals surface area contributed by atoms with Gasteiger partial charge in [0.25, 0.3) is 0 Å². The SMILES string of the molecule is CN(C)C(=O)CCCn1cc(C=O)c2ccccc21. The first-order chi connectivity index (χ1) is 9.13. The Morgan fingerprint density at radius 2 is 2.05 bits per heavy atom. The molecule has 2 rings (SSSR count). The molecule has 1 aromatic heterocycles. The van der Waals surface area contributed by atoms with Crippen LogP contribution >= 0.6 is 0 Å². The van der Waals surface area contributed by atoms with E-state index in [2.05, 4.69) is 0 Å². The van der Waals surface area contributed by atoms with Crippen LogP contribution in [0.3, 0.4) is 0 Å². The Labute approximate surface area is 112 Å². The summed E-state index contributed by atoms with van der Waals surface area (Å²) in [4.78, 5) is 24.2. The van der Waals surface area contributed by atoms with E-state index in [-0.39, 0.29) is 5.91 Å². The molecular formula is C15H18N2O2. The molecule has 1 aromatic carbocycles. The van der Waals surface area contributed by atoms with Gasteiger partial charge in [-0.25, -0.2) is 0 Å². The van der Waals surface area contributed by atoms with Crippen LogP contribution in [0.4, 0.5) is 0 Å². The molecule has 1 heterocycles. The van der Waals surface area contributed by atoms with E-state index >= 15 is 0 Å². The Hall–Kier alpha value is -2.10. The first-order valence-electron chi connectivity index (χ1n) is 6.36. The lowest BCUT2D eigenvalue weighted by Gasteiger charge is -2.10. The van der Waals surface area contributed by atoms with E-state index in [1.165, 1.54) is 0 Å². The van der Waals surface area contributed by atoms with Crippen molar-refractivity contribution in [2.75, 3.05) is 14.1 Å². The summed E-state index contributed by atoms with van der Waals surface area (Å²) in [5.74, 6) is 0.132. The number of aldehydes is 1. The van der Waals surface area contributed by atoms with Crippen molar-refractivity contribution in [3.63, 3.8) is 0 Å². The summed E-state index contributed by atoms with van der Waals surface area (Å²) in [5.41, 5.74) is 1.75. The van der Waals surface area contributed by atoms with Crippen LogP contribution in [-0.4, -0.2) is 35.8 Å². The molecule has 4 heteroatoms. The van der Waals surface area contributed by atoms with Crippen molar-refractivity contribution in [1.29, 1.82) is 0 Å². The van der Waals surface area contributed by atoms with E-state index in [4.69, 9.17) is 0 Å². The second-order valence-electron chi connectivity index (χ2n) is 4.80. The summed E-state index contributed by atoms with van der Waals surface area (Å²) < 4.78 is 2.04. The van der Waals surface area contributed by atoms with Gasteiger partial charge >= 0.3 is 0 Å². The fraction of sp³-hybridized carbons (Fsp3) is 0.333. The number of aromatic nitrogens is 1. The van der Waals surface area contributed by atoms with E-state index in [1.807, 2.05) is 35.0 Å². The molecule has 4 nitrogen and oxygen atoms in total. The van der Waals surface area contributed by atoms with Crippen molar-refractivity contribution in [1.82, 2.24) is 9.47 Å². The maximum atomic E-state index is 11.5. The molecule has 0 aliphatic rings. The molecule has 2 aromatic rings. The quantitative estimate of drug-likeness (QED) is 0.772. The molecule has 0 saturated carbocycles. The van der Waals surface area contributed by atoms with Crippen molar-refractivity contribution in [2.24, 2.45) is 0 Å². The number of amides is 1. The van der Waals surface area contributed by atoms with Gasteiger partial charge in [-0.3, -0.25) is 9.59 Å². The van der Waals surface area contributed by atoms with Crippen LogP contribution in [0.15, 0.2) is 30.5 Å². The Bertz CT molecular complexity index is 599. The molecular weight excluding hydrogens is 240 g/mol. The van der Waals surface area contributed by atoms with E-state index in [9.17, 15) is 9.59 Å². The second kappa shape index (κ2) is 5.69. The van der Waals surface area contributed by atoms with Crippen LogP contribution in [0.5, 0.6) is 0 Å². The highest BCUT2D eigenvalue weighted by Gasteiger charge is 2.08. The van der Waals surface area contributed by atoms with Gasteiger partial charge in [0, 0.05) is 49.7 Å². The average molecular weight is 258 g/mol. The van der Waals surface area contributed by atoms with Gasteiger partial charge < -0.3 is 9.47 Å². The van der Waals surface area contributed by atoms with Crippen LogP contribution in [-0.2, 0) is 11.3 Å². The van der Waals surface area contributed by atoms with Gasteiger partial charge in [-0.15, -0.1) is 0 Å². The molecule has 0 saturated heterocycles. The van der Waals surface area contributed by atoms with Crippen molar-refractivity contribution < 1.29 is 9.59 Å². The third-order valence-electron chi connectivity index (χ3n) is 3.23. The monoisotopic (exact) mass is 258 g/mol. The molecule has 19 heavy (non-hydrogen) atoms. The molecule has 0 unspecified atom stereocenters. The highest BCUT2D eigenvalue weighted by atomic mass is 16.2. The first-order valence-corrected chi connectivity index (χ1v) is 6.36. The van der Waals surface area contributed by atoms with Gasteiger partial charge in [-0.1, -0.05) is 18.2 Å². The van der Waals surface area contributed by atoms with Gasteiger partial charge in [0.05, 0.1) is 0 Å². The van der Waals surface area contributed by atoms with E-state index in [0.717, 1.165) is 30.2 Å². The first kappa shape index (κ1) is 13.3. The largest absolute Gasteiger partial charge is 0.349 e. The molecule has 0 aliphatic carbocycles. The number of hydrogen-bond donors (Lipinski definition) is 0. The smallest absolute Gasteiger partial charge is 0.222 e. The highest BCUT2D eigenvalue weighted by Crippen LogP contribution is 2.20. The normalized spacial score (nSPS) is 10.6. The van der Waals surface area contributed by atoms with Gasteiger partial charge in [0.15, 0.2) is 6.29 Å². The number of carbonyl (C=O) groups excluding carboxylic acids is 2. The van der Waals surface area contributed by atoms with Crippen LogP contribution in [0.2, 0.25) is 0 Å². The predicted octanol–water partition coefficient (Wildman–Crippen LogP) is 2.32. The minimum atomic E-state index is 0.132. The molecule has 0 bridgehead atoms. The Morgan fingerprint density at radius 3 is 2.74 bits per heavy atom. The Kier molecular flexibility index (Phi) is 4.00. The number of carbonyl (C=O) groups is 2. The fourth-order valence-electron chi connectivity index (χ4n) is 2.18. The van der Waals surface area contributed by atoms with Crippen molar-refractivity contribution in [3.8, 4) is 0 Å². The maximum absolute atomic E-state index is 11.5. The standard InChI is InChI=1S/C15H18N2O2/c1-16(2)15(19)8-5-9-17-10-12(11-18)13-6-3-4-7-14(13)17/h3-4,6-7,10-11H,5,8-9H2,1-2H3.